The molecular weight excluding hydrogens is 260 g/mol. The van der Waals surface area contributed by atoms with Crippen molar-refractivity contribution in [2.24, 2.45) is 0 Å². The van der Waals surface area contributed by atoms with Crippen LogP contribution in [-0.4, -0.2) is 19.7 Å². The predicted octanol–water partition coefficient (Wildman–Crippen LogP) is 3.29. The van der Waals surface area contributed by atoms with Crippen LogP contribution < -0.4 is 5.32 Å². The van der Waals surface area contributed by atoms with Gasteiger partial charge in [-0.15, -0.1) is 0 Å². The molecule has 1 aliphatic rings. The van der Waals surface area contributed by atoms with Crippen molar-refractivity contribution in [1.82, 2.24) is 5.32 Å². The van der Waals surface area contributed by atoms with Crippen LogP contribution in [-0.2, 0) is 4.74 Å². The molecule has 1 fully saturated rings. The smallest absolute Gasteiger partial charge is 0.126 e. The summed E-state index contributed by atoms with van der Waals surface area (Å²) in [6.45, 7) is 2.35. The quantitative estimate of drug-likeness (QED) is 0.908. The van der Waals surface area contributed by atoms with E-state index in [1.54, 1.807) is 0 Å². The summed E-state index contributed by atoms with van der Waals surface area (Å²) in [5, 5.41) is 3.27. The zero-order valence-electron chi connectivity index (χ0n) is 10.9. The third-order valence-electron chi connectivity index (χ3n) is 3.41. The average Bonchev–Trinajstić information content (AvgIpc) is 2.47. The molecule has 0 aromatic heterocycles. The van der Waals surface area contributed by atoms with Crippen LogP contribution in [0.5, 0.6) is 0 Å². The zero-order chi connectivity index (χ0) is 13.9. The first kappa shape index (κ1) is 13.2. The number of benzene rings is 2. The summed E-state index contributed by atoms with van der Waals surface area (Å²) >= 11 is 0. The second kappa shape index (κ2) is 5.69. The molecule has 0 aliphatic carbocycles. The fraction of sp³-hybridized carbons (Fsp3) is 0.250. The Bertz CT molecular complexity index is 572. The van der Waals surface area contributed by atoms with E-state index in [2.05, 4.69) is 5.32 Å². The molecule has 0 bridgehead atoms. The van der Waals surface area contributed by atoms with Crippen molar-refractivity contribution >= 4 is 0 Å². The van der Waals surface area contributed by atoms with Crippen LogP contribution in [0.2, 0.25) is 0 Å². The molecule has 1 heterocycles. The van der Waals surface area contributed by atoms with Crippen LogP contribution >= 0.6 is 0 Å². The summed E-state index contributed by atoms with van der Waals surface area (Å²) in [7, 11) is 0. The summed E-state index contributed by atoms with van der Waals surface area (Å²) < 4.78 is 32.1. The van der Waals surface area contributed by atoms with E-state index in [0.717, 1.165) is 30.3 Å². The van der Waals surface area contributed by atoms with Gasteiger partial charge in [0.15, 0.2) is 0 Å². The van der Waals surface area contributed by atoms with Crippen LogP contribution in [0.15, 0.2) is 42.5 Å². The zero-order valence-corrected chi connectivity index (χ0v) is 10.9. The van der Waals surface area contributed by atoms with Crippen molar-refractivity contribution in [3.8, 4) is 11.1 Å². The van der Waals surface area contributed by atoms with Crippen molar-refractivity contribution < 1.29 is 13.5 Å². The molecule has 3 rings (SSSR count). The van der Waals surface area contributed by atoms with Gasteiger partial charge in [0.05, 0.1) is 12.7 Å². The van der Waals surface area contributed by atoms with E-state index < -0.39 is 11.6 Å². The number of morpholine rings is 1. The minimum atomic E-state index is -0.566. The van der Waals surface area contributed by atoms with Gasteiger partial charge in [-0.05, 0) is 28.8 Å². The first-order valence-electron chi connectivity index (χ1n) is 6.61. The van der Waals surface area contributed by atoms with E-state index in [4.69, 9.17) is 4.74 Å². The molecule has 104 valence electrons. The van der Waals surface area contributed by atoms with Gasteiger partial charge in [-0.25, -0.2) is 8.78 Å². The van der Waals surface area contributed by atoms with Crippen molar-refractivity contribution in [1.29, 1.82) is 0 Å². The second-order valence-corrected chi connectivity index (χ2v) is 4.84. The molecule has 20 heavy (non-hydrogen) atoms. The van der Waals surface area contributed by atoms with Gasteiger partial charge in [-0.2, -0.15) is 0 Å². The van der Waals surface area contributed by atoms with Crippen LogP contribution in [0, 0.1) is 11.6 Å². The van der Waals surface area contributed by atoms with Gasteiger partial charge in [0.25, 0.3) is 0 Å². The van der Waals surface area contributed by atoms with Crippen molar-refractivity contribution in [3.05, 3.63) is 59.7 Å². The lowest BCUT2D eigenvalue weighted by Crippen LogP contribution is -2.33. The molecule has 1 N–H and O–H groups in total. The Balaban J connectivity index is 1.85. The Hall–Kier alpha value is -1.78. The summed E-state index contributed by atoms with van der Waals surface area (Å²) in [4.78, 5) is 0. The molecule has 1 saturated heterocycles. The highest BCUT2D eigenvalue weighted by Crippen LogP contribution is 2.25. The molecule has 0 spiro atoms. The summed E-state index contributed by atoms with van der Waals surface area (Å²) in [6.07, 6.45) is 0.0436. The van der Waals surface area contributed by atoms with E-state index in [1.807, 2.05) is 24.3 Å². The maximum Gasteiger partial charge on any atom is 0.126 e. The predicted molar refractivity (Wildman–Crippen MR) is 73.4 cm³/mol. The summed E-state index contributed by atoms with van der Waals surface area (Å²) in [6, 6.07) is 11.1. The number of ether oxygens (including phenoxy) is 1. The maximum atomic E-state index is 13.2. The minimum Gasteiger partial charge on any atom is -0.371 e. The number of nitrogens with one attached hydrogen (secondary N) is 1. The molecule has 1 unspecified atom stereocenters. The van der Waals surface area contributed by atoms with E-state index >= 15 is 0 Å². The maximum absolute atomic E-state index is 13.2. The lowest BCUT2D eigenvalue weighted by Gasteiger charge is -2.24. The number of hydrogen-bond acceptors (Lipinski definition) is 2. The SMILES string of the molecule is Fc1cc(F)cc(-c2ccc(C3CNCCO3)cc2)c1. The van der Waals surface area contributed by atoms with Crippen molar-refractivity contribution in [2.45, 2.75) is 6.10 Å². The van der Waals surface area contributed by atoms with E-state index in [1.165, 1.54) is 12.1 Å². The van der Waals surface area contributed by atoms with E-state index in [0.29, 0.717) is 12.2 Å². The fourth-order valence-electron chi connectivity index (χ4n) is 2.39. The topological polar surface area (TPSA) is 21.3 Å². The van der Waals surface area contributed by atoms with Gasteiger partial charge < -0.3 is 10.1 Å². The van der Waals surface area contributed by atoms with Crippen molar-refractivity contribution in [2.75, 3.05) is 19.7 Å². The highest BCUT2D eigenvalue weighted by atomic mass is 19.1. The van der Waals surface area contributed by atoms with Gasteiger partial charge >= 0.3 is 0 Å². The largest absolute Gasteiger partial charge is 0.371 e. The average molecular weight is 275 g/mol. The van der Waals surface area contributed by atoms with Gasteiger partial charge in [-0.3, -0.25) is 0 Å². The number of rotatable bonds is 2. The minimum absolute atomic E-state index is 0.0436. The monoisotopic (exact) mass is 275 g/mol. The third kappa shape index (κ3) is 2.86. The third-order valence-corrected chi connectivity index (χ3v) is 3.41. The Morgan fingerprint density at radius 3 is 2.25 bits per heavy atom. The lowest BCUT2D eigenvalue weighted by atomic mass is 10.0. The Morgan fingerprint density at radius 1 is 0.950 bits per heavy atom. The van der Waals surface area contributed by atoms with E-state index in [-0.39, 0.29) is 6.10 Å². The normalized spacial score (nSPS) is 19.0. The van der Waals surface area contributed by atoms with Gasteiger partial charge in [-0.1, -0.05) is 24.3 Å². The molecule has 1 atom stereocenters. The first-order valence-corrected chi connectivity index (χ1v) is 6.61. The summed E-state index contributed by atoms with van der Waals surface area (Å²) in [5.74, 6) is -1.13. The van der Waals surface area contributed by atoms with E-state index in [9.17, 15) is 8.78 Å². The number of halogens is 2. The molecular formula is C16H15F2NO. The molecule has 2 nitrogen and oxygen atoms in total. The fourth-order valence-corrected chi connectivity index (χ4v) is 2.39. The molecule has 4 heteroatoms. The van der Waals surface area contributed by atoms with Crippen LogP contribution in [0.4, 0.5) is 8.78 Å². The lowest BCUT2D eigenvalue weighted by molar-refractivity contribution is 0.0277. The number of hydrogen-bond donors (Lipinski definition) is 1. The second-order valence-electron chi connectivity index (χ2n) is 4.84. The van der Waals surface area contributed by atoms with Crippen molar-refractivity contribution in [3.63, 3.8) is 0 Å². The first-order chi connectivity index (χ1) is 9.72. The van der Waals surface area contributed by atoms with Gasteiger partial charge in [0.1, 0.15) is 11.6 Å². The highest BCUT2D eigenvalue weighted by Gasteiger charge is 2.15. The van der Waals surface area contributed by atoms with Crippen LogP contribution in [0.1, 0.15) is 11.7 Å². The standard InChI is InChI=1S/C16H15F2NO/c17-14-7-13(8-15(18)9-14)11-1-3-12(4-2-11)16-10-19-5-6-20-16/h1-4,7-9,16,19H,5-6,10H2. The molecule has 2 aromatic carbocycles. The van der Waals surface area contributed by atoms with Gasteiger partial charge in [0, 0.05) is 19.2 Å². The Labute approximate surface area is 116 Å². The highest BCUT2D eigenvalue weighted by molar-refractivity contribution is 5.63. The Morgan fingerprint density at radius 2 is 1.65 bits per heavy atom. The van der Waals surface area contributed by atoms with Crippen LogP contribution in [0.25, 0.3) is 11.1 Å². The Kier molecular flexibility index (Phi) is 3.76. The molecule has 1 aliphatic heterocycles. The molecule has 0 amide bonds. The van der Waals surface area contributed by atoms with Gasteiger partial charge in [0.2, 0.25) is 0 Å². The molecule has 2 aromatic rings. The van der Waals surface area contributed by atoms with Crippen LogP contribution in [0.3, 0.4) is 0 Å². The molecule has 0 radical (unpaired) electrons. The summed E-state index contributed by atoms with van der Waals surface area (Å²) in [5.41, 5.74) is 2.39. The molecule has 0 saturated carbocycles.